The van der Waals surface area contributed by atoms with E-state index in [-0.39, 0.29) is 23.6 Å². The molecule has 1 saturated carbocycles. The number of hydrogen-bond acceptors (Lipinski definition) is 5. The first kappa shape index (κ1) is 25.5. The average Bonchev–Trinajstić information content (AvgIpc) is 3.57. The maximum Gasteiger partial charge on any atom is 0.243 e. The molecule has 3 aliphatic rings. The molecule has 7 heteroatoms. The van der Waals surface area contributed by atoms with Crippen LogP contribution in [0.3, 0.4) is 0 Å². The summed E-state index contributed by atoms with van der Waals surface area (Å²) in [4.78, 5) is 38.0. The van der Waals surface area contributed by atoms with E-state index in [9.17, 15) is 19.5 Å². The van der Waals surface area contributed by atoms with Gasteiger partial charge in [0, 0.05) is 29.4 Å². The molecule has 0 heterocycles. The summed E-state index contributed by atoms with van der Waals surface area (Å²) >= 11 is 1.56. The lowest BCUT2D eigenvalue weighted by Crippen LogP contribution is -2.49. The van der Waals surface area contributed by atoms with Crippen LogP contribution >= 0.6 is 11.8 Å². The normalized spacial score (nSPS) is 24.2. The zero-order valence-corrected chi connectivity index (χ0v) is 21.8. The van der Waals surface area contributed by atoms with Crippen molar-refractivity contribution in [2.75, 3.05) is 11.5 Å². The zero-order chi connectivity index (χ0) is 25.5. The molecule has 1 aromatic rings. The van der Waals surface area contributed by atoms with Crippen LogP contribution in [0.25, 0.3) is 0 Å². The van der Waals surface area contributed by atoms with Gasteiger partial charge >= 0.3 is 0 Å². The lowest BCUT2D eigenvalue weighted by molar-refractivity contribution is -0.137. The highest BCUT2D eigenvalue weighted by molar-refractivity contribution is 7.99. The first-order valence-corrected chi connectivity index (χ1v) is 13.3. The van der Waals surface area contributed by atoms with Crippen molar-refractivity contribution in [3.63, 3.8) is 0 Å². The van der Waals surface area contributed by atoms with Gasteiger partial charge in [-0.2, -0.15) is 11.8 Å². The molecule has 1 fully saturated rings. The van der Waals surface area contributed by atoms with Crippen LogP contribution in [0.5, 0.6) is 0 Å². The van der Waals surface area contributed by atoms with Gasteiger partial charge in [0.1, 0.15) is 11.6 Å². The van der Waals surface area contributed by atoms with Gasteiger partial charge in [-0.15, -0.1) is 0 Å². The quantitative estimate of drug-likeness (QED) is 0.511. The molecule has 4 rings (SSSR count). The number of fused-ring (bicyclic) bond motifs is 1. The van der Waals surface area contributed by atoms with Crippen molar-refractivity contribution in [3.8, 4) is 0 Å². The van der Waals surface area contributed by atoms with E-state index >= 15 is 0 Å². The second-order valence-corrected chi connectivity index (χ2v) is 11.1. The van der Waals surface area contributed by atoms with E-state index in [1.165, 1.54) is 6.92 Å². The molecule has 1 aromatic carbocycles. The number of rotatable bonds is 8. The van der Waals surface area contributed by atoms with Crippen LogP contribution in [0, 0.1) is 5.41 Å². The number of hydrogen-bond donors (Lipinski definition) is 3. The zero-order valence-electron chi connectivity index (χ0n) is 21.0. The van der Waals surface area contributed by atoms with Crippen LogP contribution in [0.2, 0.25) is 0 Å². The van der Waals surface area contributed by atoms with Gasteiger partial charge in [0.15, 0.2) is 5.78 Å². The fourth-order valence-corrected chi connectivity index (χ4v) is 6.61. The van der Waals surface area contributed by atoms with Crippen LogP contribution < -0.4 is 10.6 Å². The molecule has 0 saturated heterocycles. The van der Waals surface area contributed by atoms with Gasteiger partial charge in [-0.05, 0) is 68.9 Å². The fraction of sp³-hybridized carbons (Fsp3) is 0.464. The maximum absolute atomic E-state index is 13.1. The minimum Gasteiger partial charge on any atom is -0.381 e. The van der Waals surface area contributed by atoms with Crippen LogP contribution in [0.1, 0.15) is 59.1 Å². The van der Waals surface area contributed by atoms with E-state index in [1.54, 1.807) is 18.7 Å². The predicted octanol–water partition coefficient (Wildman–Crippen LogP) is 3.79. The van der Waals surface area contributed by atoms with Gasteiger partial charge in [-0.3, -0.25) is 14.4 Å². The Kier molecular flexibility index (Phi) is 6.86. The highest BCUT2D eigenvalue weighted by Crippen LogP contribution is 2.65. The fourth-order valence-electron chi connectivity index (χ4n) is 5.45. The number of amides is 2. The lowest BCUT2D eigenvalue weighted by atomic mass is 9.67. The number of Topliss-reactive ketones (excluding diaryl/α,β-unsaturated/α-hetero) is 1. The van der Waals surface area contributed by atoms with Crippen LogP contribution in [0.15, 0.2) is 64.3 Å². The van der Waals surface area contributed by atoms with Gasteiger partial charge in [-0.1, -0.05) is 35.9 Å². The third-order valence-corrected chi connectivity index (χ3v) is 8.81. The molecule has 0 radical (unpaired) electrons. The number of ketones is 1. The highest BCUT2D eigenvalue weighted by atomic mass is 32.2. The number of aliphatic hydroxyl groups is 1. The Morgan fingerprint density at radius 3 is 2.40 bits per heavy atom. The van der Waals surface area contributed by atoms with E-state index in [4.69, 9.17) is 0 Å². The van der Waals surface area contributed by atoms with E-state index in [1.807, 2.05) is 57.2 Å². The first-order valence-electron chi connectivity index (χ1n) is 12.1. The summed E-state index contributed by atoms with van der Waals surface area (Å²) < 4.78 is 0. The minimum atomic E-state index is -1.36. The van der Waals surface area contributed by atoms with Crippen molar-refractivity contribution in [3.05, 3.63) is 69.8 Å². The predicted molar refractivity (Wildman–Crippen MR) is 139 cm³/mol. The Morgan fingerprint density at radius 1 is 1.14 bits per heavy atom. The molecule has 0 bridgehead atoms. The smallest absolute Gasteiger partial charge is 0.243 e. The van der Waals surface area contributed by atoms with Crippen LogP contribution in [-0.4, -0.2) is 45.9 Å². The minimum absolute atomic E-state index is 0.180. The lowest BCUT2D eigenvalue weighted by Gasteiger charge is -2.39. The Hall–Kier alpha value is -2.64. The van der Waals surface area contributed by atoms with E-state index in [0.717, 1.165) is 40.7 Å². The number of carbonyl (C=O) groups excluding carboxylic acids is 3. The molecule has 2 amide bonds. The number of carbonyl (C=O) groups is 3. The van der Waals surface area contributed by atoms with Gasteiger partial charge in [-0.25, -0.2) is 0 Å². The van der Waals surface area contributed by atoms with E-state index in [2.05, 4.69) is 10.6 Å². The highest BCUT2D eigenvalue weighted by Gasteiger charge is 2.65. The van der Waals surface area contributed by atoms with Crippen molar-refractivity contribution < 1.29 is 19.5 Å². The van der Waals surface area contributed by atoms with Crippen molar-refractivity contribution in [1.29, 1.82) is 0 Å². The summed E-state index contributed by atoms with van der Waals surface area (Å²) in [6.07, 6.45) is 3.52. The second-order valence-electron chi connectivity index (χ2n) is 10.1. The van der Waals surface area contributed by atoms with Crippen molar-refractivity contribution >= 4 is 29.4 Å². The SMILES string of the molecule is CC(=O)NC(CSCC1=C(C)C=C2C(=O)[C@](C)(O)C3(CC3)C(C)=C21)C(=O)N[C@@H](C)c1ccccc1. The topological polar surface area (TPSA) is 95.5 Å². The van der Waals surface area contributed by atoms with Crippen molar-refractivity contribution in [1.82, 2.24) is 10.6 Å². The van der Waals surface area contributed by atoms with Crippen molar-refractivity contribution in [2.24, 2.45) is 5.41 Å². The maximum atomic E-state index is 13.1. The molecule has 3 aliphatic carbocycles. The molecule has 1 spiro atoms. The largest absolute Gasteiger partial charge is 0.381 e. The Bertz CT molecular complexity index is 1160. The van der Waals surface area contributed by atoms with Gasteiger partial charge in [0.2, 0.25) is 11.8 Å². The monoisotopic (exact) mass is 494 g/mol. The molecule has 3 atom stereocenters. The Balaban J connectivity index is 1.45. The van der Waals surface area contributed by atoms with Crippen LogP contribution in [0.4, 0.5) is 0 Å². The molecule has 186 valence electrons. The summed E-state index contributed by atoms with van der Waals surface area (Å²) in [5, 5.41) is 16.8. The summed E-state index contributed by atoms with van der Waals surface area (Å²) in [5.74, 6) is 0.341. The van der Waals surface area contributed by atoms with Crippen LogP contribution in [-0.2, 0) is 14.4 Å². The molecule has 3 N–H and O–H groups in total. The summed E-state index contributed by atoms with van der Waals surface area (Å²) in [7, 11) is 0. The standard InChI is InChI=1S/C28H34N2O4S/c1-16-13-21-24(17(2)28(11-12-28)27(5,34)25(21)32)22(16)14-35-15-23(30-19(4)31)26(33)29-18(3)20-9-7-6-8-10-20/h6-10,13,18,23,34H,11-12,14-15H2,1-5H3,(H,29,33)(H,30,31)/t18-,23?,27-/m0/s1. The molecule has 0 aliphatic heterocycles. The van der Waals surface area contributed by atoms with Gasteiger partial charge in [0.25, 0.3) is 0 Å². The Morgan fingerprint density at radius 2 is 1.80 bits per heavy atom. The summed E-state index contributed by atoms with van der Waals surface area (Å²) in [5.41, 5.74) is 3.94. The number of allylic oxidation sites excluding steroid dienone is 3. The van der Waals surface area contributed by atoms with Crippen molar-refractivity contribution in [2.45, 2.75) is 65.1 Å². The molecule has 0 aromatic heterocycles. The number of thioether (sulfide) groups is 1. The van der Waals surface area contributed by atoms with E-state index < -0.39 is 17.1 Å². The molecular formula is C28H34N2O4S. The first-order chi connectivity index (χ1) is 16.5. The molecule has 1 unspecified atom stereocenters. The van der Waals surface area contributed by atoms with Gasteiger partial charge < -0.3 is 15.7 Å². The number of nitrogens with one attached hydrogen (secondary N) is 2. The number of benzene rings is 1. The van der Waals surface area contributed by atoms with Gasteiger partial charge in [0.05, 0.1) is 6.04 Å². The molecular weight excluding hydrogens is 460 g/mol. The third-order valence-electron chi connectivity index (χ3n) is 7.75. The summed E-state index contributed by atoms with van der Waals surface area (Å²) in [6, 6.07) is 8.85. The molecule has 6 nitrogen and oxygen atoms in total. The second kappa shape index (κ2) is 9.43. The average molecular weight is 495 g/mol. The summed E-state index contributed by atoms with van der Waals surface area (Å²) in [6.45, 7) is 9.01. The third kappa shape index (κ3) is 4.52. The molecule has 35 heavy (non-hydrogen) atoms. The van der Waals surface area contributed by atoms with E-state index in [0.29, 0.717) is 17.1 Å². The Labute approximate surface area is 211 Å².